The Morgan fingerprint density at radius 3 is 2.42 bits per heavy atom. The van der Waals surface area contributed by atoms with Gasteiger partial charge in [0.2, 0.25) is 0 Å². The topological polar surface area (TPSA) is 9.23 Å². The van der Waals surface area contributed by atoms with Crippen LogP contribution in [0.1, 0.15) is 36.8 Å². The quantitative estimate of drug-likeness (QED) is 0.697. The molecule has 0 amide bonds. The molecule has 0 saturated heterocycles. The molecule has 0 atom stereocenters. The van der Waals surface area contributed by atoms with E-state index in [0.717, 1.165) is 9.54 Å². The summed E-state index contributed by atoms with van der Waals surface area (Å²) in [6.45, 7) is 9.42. The zero-order chi connectivity index (χ0) is 14.0. The van der Waals surface area contributed by atoms with Gasteiger partial charge in [0.05, 0.1) is 3.79 Å². The average molecular weight is 339 g/mol. The molecule has 0 aliphatic carbocycles. The first-order valence-corrected chi connectivity index (χ1v) is 7.95. The van der Waals surface area contributed by atoms with Crippen LogP contribution in [0.5, 0.6) is 5.75 Å². The van der Waals surface area contributed by atoms with Gasteiger partial charge in [-0.05, 0) is 57.6 Å². The van der Waals surface area contributed by atoms with E-state index in [1.54, 1.807) is 11.3 Å². The molecule has 1 nitrogen and oxygen atoms in total. The lowest BCUT2D eigenvalue weighted by molar-refractivity contribution is 0.307. The maximum absolute atomic E-state index is 5.89. The highest BCUT2D eigenvalue weighted by Gasteiger charge is 2.14. The van der Waals surface area contributed by atoms with E-state index < -0.39 is 0 Å². The molecule has 0 fully saturated rings. The van der Waals surface area contributed by atoms with Crippen molar-refractivity contribution in [3.63, 3.8) is 0 Å². The van der Waals surface area contributed by atoms with E-state index in [0.29, 0.717) is 6.61 Å². The van der Waals surface area contributed by atoms with Crippen molar-refractivity contribution in [1.29, 1.82) is 0 Å². The monoisotopic (exact) mass is 338 g/mol. The largest absolute Gasteiger partial charge is 0.488 e. The van der Waals surface area contributed by atoms with Crippen molar-refractivity contribution in [2.75, 3.05) is 0 Å². The van der Waals surface area contributed by atoms with Gasteiger partial charge in [0.15, 0.2) is 0 Å². The van der Waals surface area contributed by atoms with Crippen LogP contribution in [-0.4, -0.2) is 0 Å². The highest BCUT2D eigenvalue weighted by Crippen LogP contribution is 2.29. The lowest BCUT2D eigenvalue weighted by Gasteiger charge is -2.20. The van der Waals surface area contributed by atoms with Gasteiger partial charge in [0.1, 0.15) is 12.4 Å². The number of aryl methyl sites for hydroxylation is 1. The van der Waals surface area contributed by atoms with Gasteiger partial charge in [-0.25, -0.2) is 0 Å². The van der Waals surface area contributed by atoms with Crippen molar-refractivity contribution < 1.29 is 4.74 Å². The first-order chi connectivity index (χ1) is 8.86. The Hall–Kier alpha value is -0.800. The van der Waals surface area contributed by atoms with Crippen molar-refractivity contribution in [3.8, 4) is 5.75 Å². The molecular formula is C16H19BrOS. The summed E-state index contributed by atoms with van der Waals surface area (Å²) >= 11 is 5.18. The summed E-state index contributed by atoms with van der Waals surface area (Å²) in [7, 11) is 0. The summed E-state index contributed by atoms with van der Waals surface area (Å²) in [6, 6.07) is 10.6. The molecule has 1 heterocycles. The van der Waals surface area contributed by atoms with Gasteiger partial charge in [0, 0.05) is 4.88 Å². The van der Waals surface area contributed by atoms with Crippen LogP contribution in [0.25, 0.3) is 0 Å². The Bertz CT molecular complexity index is 566. The molecule has 0 unspecified atom stereocenters. The number of halogens is 1. The van der Waals surface area contributed by atoms with E-state index in [2.05, 4.69) is 74.0 Å². The van der Waals surface area contributed by atoms with Crippen LogP contribution in [0.15, 0.2) is 34.1 Å². The predicted molar refractivity (Wildman–Crippen MR) is 86.2 cm³/mol. The molecule has 102 valence electrons. The number of hydrogen-bond acceptors (Lipinski definition) is 2. The fourth-order valence-corrected chi connectivity index (χ4v) is 3.25. The van der Waals surface area contributed by atoms with Gasteiger partial charge in [-0.15, -0.1) is 11.3 Å². The van der Waals surface area contributed by atoms with Gasteiger partial charge < -0.3 is 4.74 Å². The molecule has 3 heteroatoms. The van der Waals surface area contributed by atoms with Gasteiger partial charge in [-0.3, -0.25) is 0 Å². The molecule has 0 saturated carbocycles. The summed E-state index contributed by atoms with van der Waals surface area (Å²) in [6.07, 6.45) is 0. The van der Waals surface area contributed by atoms with Gasteiger partial charge >= 0.3 is 0 Å². The third-order valence-electron chi connectivity index (χ3n) is 3.04. The summed E-state index contributed by atoms with van der Waals surface area (Å²) in [5.74, 6) is 0.970. The van der Waals surface area contributed by atoms with Crippen molar-refractivity contribution >= 4 is 27.3 Å². The van der Waals surface area contributed by atoms with E-state index in [-0.39, 0.29) is 5.41 Å². The minimum Gasteiger partial charge on any atom is -0.488 e. The highest BCUT2D eigenvalue weighted by atomic mass is 79.9. The van der Waals surface area contributed by atoms with E-state index in [9.17, 15) is 0 Å². The Morgan fingerprint density at radius 1 is 1.16 bits per heavy atom. The molecule has 0 aliphatic rings. The first kappa shape index (κ1) is 14.6. The zero-order valence-corrected chi connectivity index (χ0v) is 14.2. The number of rotatable bonds is 3. The smallest absolute Gasteiger partial charge is 0.122 e. The molecule has 1 aromatic heterocycles. The van der Waals surface area contributed by atoms with Crippen molar-refractivity contribution in [2.45, 2.75) is 39.7 Å². The minimum atomic E-state index is 0.182. The molecule has 0 spiro atoms. The molecular weight excluding hydrogens is 320 g/mol. The van der Waals surface area contributed by atoms with E-state index >= 15 is 0 Å². The first-order valence-electron chi connectivity index (χ1n) is 6.34. The van der Waals surface area contributed by atoms with E-state index in [1.165, 1.54) is 16.0 Å². The maximum atomic E-state index is 5.89. The lowest BCUT2D eigenvalue weighted by Crippen LogP contribution is -2.11. The summed E-state index contributed by atoms with van der Waals surface area (Å²) in [5, 5.41) is 0. The van der Waals surface area contributed by atoms with Crippen LogP contribution in [0.2, 0.25) is 0 Å². The Labute approximate surface area is 127 Å². The highest BCUT2D eigenvalue weighted by molar-refractivity contribution is 9.11. The second-order valence-electron chi connectivity index (χ2n) is 5.72. The van der Waals surface area contributed by atoms with E-state index in [4.69, 9.17) is 4.74 Å². The fraction of sp³-hybridized carbons (Fsp3) is 0.375. The van der Waals surface area contributed by atoms with E-state index in [1.807, 2.05) is 0 Å². The van der Waals surface area contributed by atoms with Crippen molar-refractivity contribution in [1.82, 2.24) is 0 Å². The van der Waals surface area contributed by atoms with Gasteiger partial charge in [-0.1, -0.05) is 32.9 Å². The second kappa shape index (κ2) is 5.68. The third-order valence-corrected chi connectivity index (χ3v) is 4.64. The lowest BCUT2D eigenvalue weighted by atomic mass is 9.86. The molecule has 19 heavy (non-hydrogen) atoms. The van der Waals surface area contributed by atoms with Crippen LogP contribution >= 0.6 is 27.3 Å². The minimum absolute atomic E-state index is 0.182. The second-order valence-corrected chi connectivity index (χ2v) is 8.27. The number of benzene rings is 1. The molecule has 0 aliphatic heterocycles. The van der Waals surface area contributed by atoms with Crippen LogP contribution in [0, 0.1) is 6.92 Å². The third kappa shape index (κ3) is 3.83. The van der Waals surface area contributed by atoms with Crippen molar-refractivity contribution in [3.05, 3.63) is 50.1 Å². The number of ether oxygens (including phenoxy) is 1. The summed E-state index contributed by atoms with van der Waals surface area (Å²) in [4.78, 5) is 1.23. The Balaban J connectivity index is 2.09. The molecule has 1 aromatic carbocycles. The Kier molecular flexibility index (Phi) is 4.36. The van der Waals surface area contributed by atoms with Crippen molar-refractivity contribution in [2.24, 2.45) is 0 Å². The predicted octanol–water partition coefficient (Wildman–Crippen LogP) is 5.70. The van der Waals surface area contributed by atoms with Crippen LogP contribution in [0.4, 0.5) is 0 Å². The molecule has 0 radical (unpaired) electrons. The number of hydrogen-bond donors (Lipinski definition) is 0. The summed E-state index contributed by atoms with van der Waals surface area (Å²) < 4.78 is 7.04. The zero-order valence-electron chi connectivity index (χ0n) is 11.8. The van der Waals surface area contributed by atoms with Gasteiger partial charge in [0.25, 0.3) is 0 Å². The van der Waals surface area contributed by atoms with Crippen LogP contribution < -0.4 is 4.74 Å². The Morgan fingerprint density at radius 2 is 1.89 bits per heavy atom. The fourth-order valence-electron chi connectivity index (χ4n) is 1.86. The molecule has 2 rings (SSSR count). The number of thiophene rings is 1. The summed E-state index contributed by atoms with van der Waals surface area (Å²) in [5.41, 5.74) is 2.72. The maximum Gasteiger partial charge on any atom is 0.122 e. The van der Waals surface area contributed by atoms with Crippen LogP contribution in [0.3, 0.4) is 0 Å². The SMILES string of the molecule is Cc1cc(C(C)(C)C)ccc1OCc1ccc(Br)s1. The molecule has 0 N–H and O–H groups in total. The normalized spacial score (nSPS) is 11.6. The average Bonchev–Trinajstić information content (AvgIpc) is 2.72. The van der Waals surface area contributed by atoms with Crippen LogP contribution in [-0.2, 0) is 12.0 Å². The molecule has 0 bridgehead atoms. The molecule has 2 aromatic rings. The standard InChI is InChI=1S/C16H19BrOS/c1-11-9-12(16(2,3)4)5-7-14(11)18-10-13-6-8-15(17)19-13/h5-9H,10H2,1-4H3. The van der Waals surface area contributed by atoms with Gasteiger partial charge in [-0.2, -0.15) is 0 Å².